The molecule has 16 heteroatoms. The van der Waals surface area contributed by atoms with Gasteiger partial charge in [0.15, 0.2) is 5.75 Å². The molecule has 192 valence electrons. The first kappa shape index (κ1) is 27.5. The van der Waals surface area contributed by atoms with E-state index in [1.54, 1.807) is 0 Å². The molecule has 3 N–H and O–H groups in total. The molecular weight excluding hydrogens is 488 g/mol. The Balaban J connectivity index is 2.32. The van der Waals surface area contributed by atoms with Crippen LogP contribution in [-0.4, -0.2) is 81.1 Å². The van der Waals surface area contributed by atoms with Gasteiger partial charge in [0.2, 0.25) is 5.91 Å². The summed E-state index contributed by atoms with van der Waals surface area (Å²) in [6.07, 6.45) is -10.2. The fraction of sp³-hybridized carbons (Fsp3) is 0.556. The lowest BCUT2D eigenvalue weighted by Gasteiger charge is -2.31. The second-order valence-corrected chi connectivity index (χ2v) is 7.03. The molecule has 34 heavy (non-hydrogen) atoms. The summed E-state index contributed by atoms with van der Waals surface area (Å²) in [6, 6.07) is 1.09. The zero-order valence-electron chi connectivity index (χ0n) is 17.3. The number of halogens is 8. The largest absolute Gasteiger partial charge is 0.433 e. The Labute approximate surface area is 187 Å². The van der Waals surface area contributed by atoms with Crippen molar-refractivity contribution in [3.05, 3.63) is 18.2 Å². The standard InChI is InChI=1S/C18H20F8N4O4/c19-16(20)34-13-5-10(30-3-4-33-7-14(30)31)1-2-11(13)28-15(32)12(6-27)29(8-17(21,22)23)9-18(24,25)26/h1-2,5,12,16H,3-4,6-9,27H2,(H,28,32)/t12-/m0/s1. The first-order valence-electron chi connectivity index (χ1n) is 9.55. The molecule has 0 saturated carbocycles. The van der Waals surface area contributed by atoms with Crippen molar-refractivity contribution in [1.82, 2.24) is 4.90 Å². The van der Waals surface area contributed by atoms with E-state index in [4.69, 9.17) is 10.5 Å². The number of hydrogen-bond donors (Lipinski definition) is 2. The van der Waals surface area contributed by atoms with Gasteiger partial charge in [0, 0.05) is 24.8 Å². The van der Waals surface area contributed by atoms with Crippen LogP contribution in [0.5, 0.6) is 5.75 Å². The molecule has 1 atom stereocenters. The SMILES string of the molecule is NC[C@@H](C(=O)Nc1ccc(N2CCOCC2=O)cc1OC(F)F)N(CC(F)(F)F)CC(F)(F)F. The molecule has 1 aliphatic heterocycles. The highest BCUT2D eigenvalue weighted by Crippen LogP contribution is 2.32. The van der Waals surface area contributed by atoms with Gasteiger partial charge in [-0.15, -0.1) is 0 Å². The number of nitrogens with two attached hydrogens (primary N) is 1. The fourth-order valence-corrected chi connectivity index (χ4v) is 3.14. The Morgan fingerprint density at radius 1 is 1.18 bits per heavy atom. The van der Waals surface area contributed by atoms with Crippen LogP contribution in [0.3, 0.4) is 0 Å². The van der Waals surface area contributed by atoms with Crippen molar-refractivity contribution in [2.45, 2.75) is 25.0 Å². The number of carbonyl (C=O) groups excluding carboxylic acids is 2. The molecule has 1 aliphatic rings. The van der Waals surface area contributed by atoms with E-state index in [0.29, 0.717) is 0 Å². The molecule has 0 unspecified atom stereocenters. The molecule has 2 amide bonds. The van der Waals surface area contributed by atoms with Gasteiger partial charge in [-0.1, -0.05) is 0 Å². The third-order valence-electron chi connectivity index (χ3n) is 4.47. The Kier molecular flexibility index (Phi) is 9.02. The van der Waals surface area contributed by atoms with Crippen LogP contribution in [0.4, 0.5) is 46.5 Å². The first-order chi connectivity index (χ1) is 15.7. The Bertz CT molecular complexity index is 849. The summed E-state index contributed by atoms with van der Waals surface area (Å²) in [5, 5.41) is 1.98. The van der Waals surface area contributed by atoms with E-state index in [1.165, 1.54) is 11.0 Å². The van der Waals surface area contributed by atoms with Crippen molar-refractivity contribution < 1.29 is 54.2 Å². The lowest BCUT2D eigenvalue weighted by molar-refractivity contribution is -0.186. The predicted molar refractivity (Wildman–Crippen MR) is 101 cm³/mol. The maximum Gasteiger partial charge on any atom is 0.401 e. The summed E-state index contributed by atoms with van der Waals surface area (Å²) in [7, 11) is 0. The van der Waals surface area contributed by atoms with Gasteiger partial charge >= 0.3 is 19.0 Å². The molecule has 0 aromatic heterocycles. The maximum atomic E-state index is 12.9. The number of hydrogen-bond acceptors (Lipinski definition) is 6. The number of nitrogens with one attached hydrogen (secondary N) is 1. The van der Waals surface area contributed by atoms with Gasteiger partial charge in [-0.2, -0.15) is 35.1 Å². The van der Waals surface area contributed by atoms with Crippen LogP contribution in [0, 0.1) is 0 Å². The van der Waals surface area contributed by atoms with Crippen LogP contribution in [-0.2, 0) is 14.3 Å². The molecule has 8 nitrogen and oxygen atoms in total. The average Bonchev–Trinajstić information content (AvgIpc) is 2.67. The highest BCUT2D eigenvalue weighted by atomic mass is 19.4. The summed E-state index contributed by atoms with van der Waals surface area (Å²) in [4.78, 5) is 25.5. The van der Waals surface area contributed by atoms with Crippen molar-refractivity contribution in [2.24, 2.45) is 5.73 Å². The first-order valence-corrected chi connectivity index (χ1v) is 9.55. The van der Waals surface area contributed by atoms with Crippen molar-refractivity contribution >= 4 is 23.2 Å². The summed E-state index contributed by atoms with van der Waals surface area (Å²) < 4.78 is 112. The summed E-state index contributed by atoms with van der Waals surface area (Å²) in [5.74, 6) is -2.58. The number of benzene rings is 1. The van der Waals surface area contributed by atoms with Gasteiger partial charge < -0.3 is 25.4 Å². The van der Waals surface area contributed by atoms with Crippen LogP contribution in [0.2, 0.25) is 0 Å². The number of rotatable bonds is 9. The molecule has 0 aliphatic carbocycles. The second kappa shape index (κ2) is 11.1. The van der Waals surface area contributed by atoms with Gasteiger partial charge in [-0.3, -0.25) is 14.5 Å². The van der Waals surface area contributed by atoms with Gasteiger partial charge in [0.1, 0.15) is 12.6 Å². The Morgan fingerprint density at radius 2 is 1.79 bits per heavy atom. The van der Waals surface area contributed by atoms with Crippen LogP contribution in [0.15, 0.2) is 18.2 Å². The van der Waals surface area contributed by atoms with E-state index in [2.05, 4.69) is 4.74 Å². The number of morpholine rings is 1. The number of nitrogens with zero attached hydrogens (tertiary/aromatic N) is 2. The van der Waals surface area contributed by atoms with Gasteiger partial charge in [-0.05, 0) is 12.1 Å². The molecular formula is C18H20F8N4O4. The predicted octanol–water partition coefficient (Wildman–Crippen LogP) is 2.34. The highest BCUT2D eigenvalue weighted by Gasteiger charge is 2.42. The molecule has 0 bridgehead atoms. The second-order valence-electron chi connectivity index (χ2n) is 7.03. The number of carbonyl (C=O) groups is 2. The minimum Gasteiger partial charge on any atom is -0.433 e. The third kappa shape index (κ3) is 8.25. The highest BCUT2D eigenvalue weighted by molar-refractivity contribution is 5.98. The van der Waals surface area contributed by atoms with Crippen LogP contribution >= 0.6 is 0 Å². The molecule has 1 heterocycles. The smallest absolute Gasteiger partial charge is 0.401 e. The van der Waals surface area contributed by atoms with Crippen LogP contribution in [0.1, 0.15) is 0 Å². The molecule has 1 aromatic carbocycles. The number of ether oxygens (including phenoxy) is 2. The van der Waals surface area contributed by atoms with Crippen molar-refractivity contribution in [3.63, 3.8) is 0 Å². The summed E-state index contributed by atoms with van der Waals surface area (Å²) in [5.41, 5.74) is 4.89. The molecule has 1 fully saturated rings. The van der Waals surface area contributed by atoms with E-state index in [9.17, 15) is 44.7 Å². The third-order valence-corrected chi connectivity index (χ3v) is 4.47. The van der Waals surface area contributed by atoms with Gasteiger partial charge in [-0.25, -0.2) is 0 Å². The molecule has 0 radical (unpaired) electrons. The zero-order chi connectivity index (χ0) is 25.7. The number of anilines is 2. The monoisotopic (exact) mass is 508 g/mol. The van der Waals surface area contributed by atoms with E-state index in [-0.39, 0.29) is 30.3 Å². The summed E-state index contributed by atoms with van der Waals surface area (Å²) in [6.45, 7) is -8.57. The van der Waals surface area contributed by atoms with E-state index < -0.39 is 67.9 Å². The zero-order valence-corrected chi connectivity index (χ0v) is 17.3. The topological polar surface area (TPSA) is 97.1 Å². The lowest BCUT2D eigenvalue weighted by atomic mass is 10.2. The lowest BCUT2D eigenvalue weighted by Crippen LogP contribution is -2.54. The molecule has 1 aromatic rings. The van der Waals surface area contributed by atoms with Crippen molar-refractivity contribution in [1.29, 1.82) is 0 Å². The van der Waals surface area contributed by atoms with E-state index >= 15 is 0 Å². The van der Waals surface area contributed by atoms with Crippen molar-refractivity contribution in [2.75, 3.05) is 49.6 Å². The normalized spacial score (nSPS) is 16.2. The maximum absolute atomic E-state index is 12.9. The molecule has 0 spiro atoms. The van der Waals surface area contributed by atoms with Crippen molar-refractivity contribution in [3.8, 4) is 5.75 Å². The minimum absolute atomic E-state index is 0.0811. The Morgan fingerprint density at radius 3 is 2.29 bits per heavy atom. The van der Waals surface area contributed by atoms with E-state index in [0.717, 1.165) is 12.1 Å². The number of amides is 2. The minimum atomic E-state index is -5.09. The fourth-order valence-electron chi connectivity index (χ4n) is 3.14. The average molecular weight is 508 g/mol. The Hall–Kier alpha value is -2.72. The molecule has 2 rings (SSSR count). The van der Waals surface area contributed by atoms with Gasteiger partial charge in [0.25, 0.3) is 5.91 Å². The summed E-state index contributed by atoms with van der Waals surface area (Å²) >= 11 is 0. The quantitative estimate of drug-likeness (QED) is 0.498. The molecule has 1 saturated heterocycles. The number of alkyl halides is 8. The van der Waals surface area contributed by atoms with Crippen LogP contribution < -0.4 is 20.7 Å². The van der Waals surface area contributed by atoms with Gasteiger partial charge in [0.05, 0.1) is 25.4 Å². The van der Waals surface area contributed by atoms with Crippen LogP contribution in [0.25, 0.3) is 0 Å². The van der Waals surface area contributed by atoms with E-state index in [1.807, 2.05) is 5.32 Å².